The molecule has 0 saturated carbocycles. The van der Waals surface area contributed by atoms with Crippen LogP contribution in [-0.4, -0.2) is 62.3 Å². The first-order valence-electron chi connectivity index (χ1n) is 6.22. The van der Waals surface area contributed by atoms with Crippen LogP contribution in [0.5, 0.6) is 11.5 Å². The molecule has 0 radical (unpaired) electrons. The number of benzene rings is 1. The third-order valence-corrected chi connectivity index (χ3v) is 4.66. The summed E-state index contributed by atoms with van der Waals surface area (Å²) in [7, 11) is -4.05. The summed E-state index contributed by atoms with van der Waals surface area (Å²) in [6, 6.07) is 4.06. The number of fused-ring (bicyclic) bond motifs is 1. The summed E-state index contributed by atoms with van der Waals surface area (Å²) >= 11 is 0. The van der Waals surface area contributed by atoms with Crippen LogP contribution in [0.1, 0.15) is 0 Å². The molecule has 0 spiro atoms. The maximum Gasteiger partial charge on any atom is 0.241 e. The molecular weight excluding hydrogens is 302 g/mol. The Morgan fingerprint density at radius 1 is 1.05 bits per heavy atom. The van der Waals surface area contributed by atoms with Gasteiger partial charge in [-0.25, -0.2) is 8.42 Å². The first kappa shape index (κ1) is 16.0. The van der Waals surface area contributed by atoms with Crippen LogP contribution in [0, 0.1) is 0 Å². The highest BCUT2D eigenvalue weighted by atomic mass is 32.2. The molecule has 118 valence electrons. The zero-order chi connectivity index (χ0) is 15.5. The number of aliphatic hydroxyl groups is 3. The van der Waals surface area contributed by atoms with E-state index in [4.69, 9.17) is 9.47 Å². The minimum atomic E-state index is -4.05. The summed E-state index contributed by atoms with van der Waals surface area (Å²) < 4.78 is 37.2. The molecule has 0 fully saturated rings. The van der Waals surface area contributed by atoms with E-state index in [1.54, 1.807) is 0 Å². The molecule has 1 heterocycles. The Morgan fingerprint density at radius 2 is 1.62 bits per heavy atom. The van der Waals surface area contributed by atoms with E-state index in [0.717, 1.165) is 0 Å². The second kappa shape index (κ2) is 6.16. The van der Waals surface area contributed by atoms with Gasteiger partial charge >= 0.3 is 0 Å². The van der Waals surface area contributed by atoms with Crippen LogP contribution in [0.4, 0.5) is 0 Å². The zero-order valence-electron chi connectivity index (χ0n) is 11.2. The maximum absolute atomic E-state index is 12.3. The van der Waals surface area contributed by atoms with Gasteiger partial charge < -0.3 is 24.8 Å². The third-order valence-electron chi connectivity index (χ3n) is 3.08. The van der Waals surface area contributed by atoms with E-state index in [2.05, 4.69) is 4.72 Å². The number of hydrogen-bond acceptors (Lipinski definition) is 7. The van der Waals surface area contributed by atoms with Gasteiger partial charge in [0.05, 0.1) is 24.7 Å². The Morgan fingerprint density at radius 3 is 2.19 bits per heavy atom. The summed E-state index contributed by atoms with van der Waals surface area (Å²) in [6.45, 7) is -1.53. The highest BCUT2D eigenvalue weighted by molar-refractivity contribution is 7.89. The molecule has 8 nitrogen and oxygen atoms in total. The van der Waals surface area contributed by atoms with E-state index in [-0.39, 0.29) is 4.90 Å². The number of rotatable bonds is 6. The topological polar surface area (TPSA) is 125 Å². The first-order chi connectivity index (χ1) is 9.96. The van der Waals surface area contributed by atoms with Crippen LogP contribution in [-0.2, 0) is 10.0 Å². The van der Waals surface area contributed by atoms with Crippen molar-refractivity contribution >= 4 is 10.0 Å². The van der Waals surface area contributed by atoms with Gasteiger partial charge in [0.2, 0.25) is 10.0 Å². The Bertz CT molecular complexity index is 589. The lowest BCUT2D eigenvalue weighted by molar-refractivity contribution is 0.0582. The van der Waals surface area contributed by atoms with Crippen molar-refractivity contribution in [3.8, 4) is 11.5 Å². The van der Waals surface area contributed by atoms with Crippen molar-refractivity contribution < 1.29 is 33.2 Å². The summed E-state index contributed by atoms with van der Waals surface area (Å²) in [6.07, 6.45) is 0. The van der Waals surface area contributed by atoms with Gasteiger partial charge in [0, 0.05) is 6.07 Å². The molecule has 0 saturated heterocycles. The Hall–Kier alpha value is -1.39. The molecule has 1 aliphatic rings. The van der Waals surface area contributed by atoms with Gasteiger partial charge in [-0.3, -0.25) is 0 Å². The fraction of sp³-hybridized carbons (Fsp3) is 0.500. The number of nitrogens with one attached hydrogen (secondary N) is 1. The number of aliphatic hydroxyl groups excluding tert-OH is 3. The molecule has 0 aliphatic carbocycles. The molecule has 4 N–H and O–H groups in total. The van der Waals surface area contributed by atoms with Crippen molar-refractivity contribution in [2.75, 3.05) is 33.0 Å². The normalized spacial score (nSPS) is 15.0. The van der Waals surface area contributed by atoms with Crippen LogP contribution in [0.2, 0.25) is 0 Å². The standard InChI is InChI=1S/C12H17NO7S/c14-6-12(7-15,8-16)13-21(17,18)9-1-2-10-11(5-9)20-4-3-19-10/h1-2,5,13-16H,3-4,6-8H2. The van der Waals surface area contributed by atoms with Gasteiger partial charge in [-0.1, -0.05) is 0 Å². The van der Waals surface area contributed by atoms with E-state index in [0.29, 0.717) is 24.7 Å². The van der Waals surface area contributed by atoms with E-state index in [1.165, 1.54) is 18.2 Å². The molecule has 0 bridgehead atoms. The van der Waals surface area contributed by atoms with Gasteiger partial charge in [0.15, 0.2) is 11.5 Å². The van der Waals surface area contributed by atoms with Crippen molar-refractivity contribution in [1.29, 1.82) is 0 Å². The summed E-state index contributed by atoms with van der Waals surface area (Å²) in [5, 5.41) is 27.6. The van der Waals surface area contributed by atoms with E-state index >= 15 is 0 Å². The smallest absolute Gasteiger partial charge is 0.241 e. The van der Waals surface area contributed by atoms with E-state index < -0.39 is 35.4 Å². The lowest BCUT2D eigenvalue weighted by atomic mass is 10.1. The molecule has 0 atom stereocenters. The molecule has 1 aromatic carbocycles. The van der Waals surface area contributed by atoms with Crippen LogP contribution < -0.4 is 14.2 Å². The van der Waals surface area contributed by atoms with E-state index in [9.17, 15) is 23.7 Å². The average Bonchev–Trinajstić information content (AvgIpc) is 2.52. The van der Waals surface area contributed by atoms with Gasteiger partial charge in [-0.15, -0.1) is 0 Å². The molecule has 9 heteroatoms. The van der Waals surface area contributed by atoms with E-state index in [1.807, 2.05) is 0 Å². The molecule has 1 aliphatic heterocycles. The predicted octanol–water partition coefficient (Wildman–Crippen LogP) is -1.55. The minimum Gasteiger partial charge on any atom is -0.486 e. The Kier molecular flexibility index (Phi) is 4.69. The third kappa shape index (κ3) is 3.27. The molecular formula is C12H17NO7S. The Balaban J connectivity index is 2.31. The molecule has 21 heavy (non-hydrogen) atoms. The SMILES string of the molecule is O=S(=O)(NC(CO)(CO)CO)c1ccc2c(c1)OCCO2. The van der Waals surface area contributed by atoms with Crippen molar-refractivity contribution in [2.24, 2.45) is 0 Å². The quantitative estimate of drug-likeness (QED) is 0.500. The molecule has 2 rings (SSSR count). The highest BCUT2D eigenvalue weighted by Crippen LogP contribution is 2.32. The van der Waals surface area contributed by atoms with Crippen molar-refractivity contribution in [1.82, 2.24) is 4.72 Å². The second-order valence-electron chi connectivity index (χ2n) is 4.67. The first-order valence-corrected chi connectivity index (χ1v) is 7.71. The highest BCUT2D eigenvalue weighted by Gasteiger charge is 2.34. The fourth-order valence-corrected chi connectivity index (χ4v) is 3.17. The van der Waals surface area contributed by atoms with Crippen LogP contribution in [0.3, 0.4) is 0 Å². The van der Waals surface area contributed by atoms with Gasteiger partial charge in [0.1, 0.15) is 18.8 Å². The summed E-state index contributed by atoms with van der Waals surface area (Å²) in [4.78, 5) is -0.119. The summed E-state index contributed by atoms with van der Waals surface area (Å²) in [5.41, 5.74) is -1.73. The predicted molar refractivity (Wildman–Crippen MR) is 71.7 cm³/mol. The van der Waals surface area contributed by atoms with Crippen LogP contribution >= 0.6 is 0 Å². The average molecular weight is 319 g/mol. The largest absolute Gasteiger partial charge is 0.486 e. The number of hydrogen-bond donors (Lipinski definition) is 4. The van der Waals surface area contributed by atoms with Gasteiger partial charge in [-0.2, -0.15) is 4.72 Å². The van der Waals surface area contributed by atoms with Gasteiger partial charge in [0.25, 0.3) is 0 Å². The van der Waals surface area contributed by atoms with Gasteiger partial charge in [-0.05, 0) is 12.1 Å². The maximum atomic E-state index is 12.3. The van der Waals surface area contributed by atoms with Crippen molar-refractivity contribution in [3.05, 3.63) is 18.2 Å². The zero-order valence-corrected chi connectivity index (χ0v) is 12.0. The monoisotopic (exact) mass is 319 g/mol. The molecule has 0 aromatic heterocycles. The van der Waals surface area contributed by atoms with Crippen molar-refractivity contribution in [3.63, 3.8) is 0 Å². The fourth-order valence-electron chi connectivity index (χ4n) is 1.78. The Labute approximate surface area is 122 Å². The lowest BCUT2D eigenvalue weighted by Gasteiger charge is -2.28. The molecule has 1 aromatic rings. The number of ether oxygens (including phenoxy) is 2. The lowest BCUT2D eigenvalue weighted by Crippen LogP contribution is -2.56. The summed E-state index contributed by atoms with van der Waals surface area (Å²) in [5.74, 6) is 0.740. The minimum absolute atomic E-state index is 0.119. The second-order valence-corrected chi connectivity index (χ2v) is 6.35. The molecule has 0 amide bonds. The number of sulfonamides is 1. The molecule has 0 unspecified atom stereocenters. The van der Waals surface area contributed by atoms with Crippen molar-refractivity contribution in [2.45, 2.75) is 10.4 Å². The van der Waals surface area contributed by atoms with Crippen LogP contribution in [0.15, 0.2) is 23.1 Å². The van der Waals surface area contributed by atoms with Crippen LogP contribution in [0.25, 0.3) is 0 Å².